The van der Waals surface area contributed by atoms with Gasteiger partial charge < -0.3 is 30.3 Å². The van der Waals surface area contributed by atoms with Crippen LogP contribution in [0.3, 0.4) is 0 Å². The normalized spacial score (nSPS) is 18.1. The van der Waals surface area contributed by atoms with Gasteiger partial charge in [-0.25, -0.2) is 4.98 Å². The molecule has 9 nitrogen and oxygen atoms in total. The Morgan fingerprint density at radius 3 is 2.39 bits per heavy atom. The molecule has 0 atom stereocenters. The molecule has 4 heterocycles. The Bertz CT molecular complexity index is 1160. The second-order valence-corrected chi connectivity index (χ2v) is 10.8. The van der Waals surface area contributed by atoms with Crippen LogP contribution in [0.4, 0.5) is 17.5 Å². The van der Waals surface area contributed by atoms with Gasteiger partial charge in [0.1, 0.15) is 0 Å². The number of rotatable bonds is 7. The average Bonchev–Trinajstić information content (AvgIpc) is 3.32. The number of fused-ring (bicyclic) bond motifs is 1. The molecular weight excluding hydrogens is 450 g/mol. The summed E-state index contributed by atoms with van der Waals surface area (Å²) in [6.07, 6.45) is 6.19. The van der Waals surface area contributed by atoms with Crippen molar-refractivity contribution in [3.63, 3.8) is 0 Å². The molecule has 1 aromatic carbocycles. The van der Waals surface area contributed by atoms with Crippen LogP contribution in [0.5, 0.6) is 0 Å². The van der Waals surface area contributed by atoms with E-state index in [9.17, 15) is 0 Å². The fourth-order valence-electron chi connectivity index (χ4n) is 5.42. The van der Waals surface area contributed by atoms with Gasteiger partial charge >= 0.3 is 0 Å². The summed E-state index contributed by atoms with van der Waals surface area (Å²) < 4.78 is 2.13. The number of imidazole rings is 1. The van der Waals surface area contributed by atoms with Crippen molar-refractivity contribution in [2.75, 3.05) is 55.4 Å². The smallest absolute Gasteiger partial charge is 0.229 e. The van der Waals surface area contributed by atoms with Gasteiger partial charge in [-0.05, 0) is 65.3 Å². The molecule has 9 heteroatoms. The van der Waals surface area contributed by atoms with Crippen LogP contribution in [0, 0.1) is 0 Å². The van der Waals surface area contributed by atoms with Gasteiger partial charge in [-0.3, -0.25) is 0 Å². The summed E-state index contributed by atoms with van der Waals surface area (Å²) in [6, 6.07) is 9.94. The molecule has 194 valence electrons. The number of hydrogen-bond donors (Lipinski definition) is 2. The molecule has 2 aliphatic rings. The van der Waals surface area contributed by atoms with Crippen molar-refractivity contribution in [2.45, 2.75) is 64.2 Å². The first-order chi connectivity index (χ1) is 17.4. The van der Waals surface area contributed by atoms with Crippen LogP contribution in [-0.2, 0) is 6.54 Å². The van der Waals surface area contributed by atoms with Crippen LogP contribution >= 0.6 is 0 Å². The third-order valence-corrected chi connectivity index (χ3v) is 7.76. The Morgan fingerprint density at radius 1 is 1.00 bits per heavy atom. The molecule has 0 saturated carbocycles. The minimum Gasteiger partial charge on any atom is -0.371 e. The molecule has 2 aliphatic heterocycles. The van der Waals surface area contributed by atoms with Crippen molar-refractivity contribution in [2.24, 2.45) is 5.73 Å². The van der Waals surface area contributed by atoms with E-state index in [1.807, 2.05) is 6.33 Å². The van der Waals surface area contributed by atoms with Crippen LogP contribution < -0.4 is 20.9 Å². The predicted molar refractivity (Wildman–Crippen MR) is 148 cm³/mol. The number of nitrogens with one attached hydrogen (secondary N) is 1. The lowest BCUT2D eigenvalue weighted by molar-refractivity contribution is 0.249. The summed E-state index contributed by atoms with van der Waals surface area (Å²) in [5.74, 6) is 1.56. The fraction of sp³-hybridized carbons (Fsp3) is 0.593. The number of anilines is 3. The van der Waals surface area contributed by atoms with Gasteiger partial charge in [-0.1, -0.05) is 18.2 Å². The molecule has 0 aliphatic carbocycles. The summed E-state index contributed by atoms with van der Waals surface area (Å²) in [4.78, 5) is 21.8. The number of aromatic nitrogens is 4. The minimum atomic E-state index is 0.267. The van der Waals surface area contributed by atoms with Gasteiger partial charge in [-0.2, -0.15) is 9.97 Å². The summed E-state index contributed by atoms with van der Waals surface area (Å²) in [7, 11) is 4.38. The van der Waals surface area contributed by atoms with E-state index in [1.165, 1.54) is 24.1 Å². The largest absolute Gasteiger partial charge is 0.371 e. The minimum absolute atomic E-state index is 0.267. The third kappa shape index (κ3) is 5.13. The van der Waals surface area contributed by atoms with E-state index in [-0.39, 0.29) is 12.1 Å². The van der Waals surface area contributed by atoms with E-state index in [0.717, 1.165) is 62.0 Å². The average molecular weight is 492 g/mol. The van der Waals surface area contributed by atoms with Crippen LogP contribution in [0.25, 0.3) is 11.2 Å². The summed E-state index contributed by atoms with van der Waals surface area (Å²) in [6.45, 7) is 8.93. The molecule has 0 radical (unpaired) electrons. The van der Waals surface area contributed by atoms with Crippen LogP contribution in [0.15, 0.2) is 30.6 Å². The second-order valence-electron chi connectivity index (χ2n) is 10.8. The maximum Gasteiger partial charge on any atom is 0.229 e. The molecule has 3 N–H and O–H groups in total. The highest BCUT2D eigenvalue weighted by atomic mass is 15.3. The van der Waals surface area contributed by atoms with Gasteiger partial charge in [0.05, 0.1) is 6.33 Å². The van der Waals surface area contributed by atoms with Crippen molar-refractivity contribution >= 4 is 28.6 Å². The van der Waals surface area contributed by atoms with Gasteiger partial charge in [0, 0.05) is 56.5 Å². The van der Waals surface area contributed by atoms with Gasteiger partial charge in [-0.15, -0.1) is 0 Å². The van der Waals surface area contributed by atoms with E-state index in [2.05, 4.69) is 76.8 Å². The zero-order valence-electron chi connectivity index (χ0n) is 22.2. The maximum atomic E-state index is 6.15. The SMILES string of the molecule is CC(C)n1cnc2c(NCc3ccccc3N3CCC(N(C)C)CC3)nc(N3CCC(N)CC3)nc21. The van der Waals surface area contributed by atoms with Crippen molar-refractivity contribution in [1.29, 1.82) is 0 Å². The number of nitrogens with two attached hydrogens (primary N) is 1. The van der Waals surface area contributed by atoms with Gasteiger partial charge in [0.2, 0.25) is 5.95 Å². The molecule has 0 bridgehead atoms. The lowest BCUT2D eigenvalue weighted by Crippen LogP contribution is -2.42. The number of nitrogens with zero attached hydrogens (tertiary/aromatic N) is 7. The van der Waals surface area contributed by atoms with Crippen LogP contribution in [0.2, 0.25) is 0 Å². The Morgan fingerprint density at radius 2 is 1.69 bits per heavy atom. The summed E-state index contributed by atoms with van der Waals surface area (Å²) >= 11 is 0. The molecule has 0 spiro atoms. The van der Waals surface area contributed by atoms with Crippen molar-refractivity contribution < 1.29 is 0 Å². The molecule has 36 heavy (non-hydrogen) atoms. The first-order valence-electron chi connectivity index (χ1n) is 13.4. The number of piperidine rings is 2. The second kappa shape index (κ2) is 10.6. The van der Waals surface area contributed by atoms with Crippen LogP contribution in [-0.4, -0.2) is 76.8 Å². The first kappa shape index (κ1) is 24.8. The van der Waals surface area contributed by atoms with Crippen molar-refractivity contribution in [3.8, 4) is 0 Å². The third-order valence-electron chi connectivity index (χ3n) is 7.76. The number of hydrogen-bond acceptors (Lipinski definition) is 8. The topological polar surface area (TPSA) is 91.4 Å². The Labute approximate surface area is 214 Å². The molecule has 5 rings (SSSR count). The lowest BCUT2D eigenvalue weighted by Gasteiger charge is -2.37. The highest BCUT2D eigenvalue weighted by molar-refractivity contribution is 5.84. The highest BCUT2D eigenvalue weighted by Crippen LogP contribution is 2.29. The van der Waals surface area contributed by atoms with Crippen LogP contribution in [0.1, 0.15) is 51.1 Å². The molecular formula is C27H41N9. The molecule has 2 aromatic heterocycles. The molecule has 0 unspecified atom stereocenters. The zero-order valence-corrected chi connectivity index (χ0v) is 22.2. The fourth-order valence-corrected chi connectivity index (χ4v) is 5.42. The Kier molecular flexibility index (Phi) is 7.29. The number of para-hydroxylation sites is 1. The van der Waals surface area contributed by atoms with E-state index in [0.29, 0.717) is 12.6 Å². The standard InChI is InChI=1S/C27H41N9/c1-19(2)36-18-30-24-25(31-27(32-26(24)36)35-13-9-21(28)10-14-35)29-17-20-7-5-6-8-23(20)34-15-11-22(12-16-34)33(3)4/h5-8,18-19,21-22H,9-17,28H2,1-4H3,(H,29,31,32). The van der Waals surface area contributed by atoms with E-state index in [1.54, 1.807) is 0 Å². The monoisotopic (exact) mass is 491 g/mol. The number of benzene rings is 1. The predicted octanol–water partition coefficient (Wildman–Crippen LogP) is 3.48. The van der Waals surface area contributed by atoms with E-state index in [4.69, 9.17) is 20.7 Å². The molecule has 3 aromatic rings. The highest BCUT2D eigenvalue weighted by Gasteiger charge is 2.24. The summed E-state index contributed by atoms with van der Waals surface area (Å²) in [5.41, 5.74) is 10.4. The van der Waals surface area contributed by atoms with E-state index >= 15 is 0 Å². The molecule has 0 amide bonds. The maximum absolute atomic E-state index is 6.15. The Balaban J connectivity index is 1.40. The quantitative estimate of drug-likeness (QED) is 0.519. The first-order valence-corrected chi connectivity index (χ1v) is 13.4. The Hall–Kier alpha value is -2.91. The summed E-state index contributed by atoms with van der Waals surface area (Å²) in [5, 5.41) is 3.64. The van der Waals surface area contributed by atoms with Gasteiger partial charge in [0.25, 0.3) is 0 Å². The molecule has 2 saturated heterocycles. The van der Waals surface area contributed by atoms with Crippen molar-refractivity contribution in [1.82, 2.24) is 24.4 Å². The molecule has 2 fully saturated rings. The lowest BCUT2D eigenvalue weighted by atomic mass is 10.0. The zero-order chi connectivity index (χ0) is 25.2. The van der Waals surface area contributed by atoms with E-state index < -0.39 is 0 Å². The van der Waals surface area contributed by atoms with Gasteiger partial charge in [0.15, 0.2) is 17.0 Å². The van der Waals surface area contributed by atoms with Crippen molar-refractivity contribution in [3.05, 3.63) is 36.2 Å².